The maximum atomic E-state index is 13.6. The van der Waals surface area contributed by atoms with Gasteiger partial charge in [-0.1, -0.05) is 13.8 Å². The van der Waals surface area contributed by atoms with E-state index < -0.39 is 47.7 Å². The van der Waals surface area contributed by atoms with E-state index >= 15 is 0 Å². The Bertz CT molecular complexity index is 1530. The van der Waals surface area contributed by atoms with Crippen LogP contribution in [0.15, 0.2) is 35.9 Å². The van der Waals surface area contributed by atoms with Crippen molar-refractivity contribution in [3.05, 3.63) is 69.3 Å². The van der Waals surface area contributed by atoms with Gasteiger partial charge in [-0.05, 0) is 115 Å². The van der Waals surface area contributed by atoms with Crippen LogP contribution in [0, 0.1) is 11.3 Å². The third-order valence-corrected chi connectivity index (χ3v) is 9.50. The van der Waals surface area contributed by atoms with Gasteiger partial charge < -0.3 is 14.6 Å². The molecular weight excluding hydrogens is 616 g/mol. The molecule has 0 bridgehead atoms. The fraction of sp³-hybridized carbons (Fsp3) is 0.529. The number of cyclic esters (lactones) is 1. The first kappa shape index (κ1) is 33.7. The van der Waals surface area contributed by atoms with Crippen LogP contribution in [-0.2, 0) is 34.7 Å². The van der Waals surface area contributed by atoms with Crippen molar-refractivity contribution in [3.63, 3.8) is 0 Å². The SMILES string of the molecule is COc1cc2c(cc1C1=C(CN3C(=O)O[C@H](c4cc(C(F)(F)F)cc(C(F)(F)F)c4)[C@@H]3C)CC(C)(C)CC1)CC(CC(=O)O)CC2. The molecule has 1 N–H and O–H groups in total. The molecule has 1 saturated heterocycles. The second-order valence-electron chi connectivity index (χ2n) is 13.5. The van der Waals surface area contributed by atoms with E-state index in [2.05, 4.69) is 13.8 Å². The lowest BCUT2D eigenvalue weighted by atomic mass is 9.72. The summed E-state index contributed by atoms with van der Waals surface area (Å²) in [5, 5.41) is 9.34. The number of amides is 1. The van der Waals surface area contributed by atoms with E-state index in [0.717, 1.165) is 47.1 Å². The van der Waals surface area contributed by atoms with Gasteiger partial charge in [0.2, 0.25) is 0 Å². The van der Waals surface area contributed by atoms with E-state index in [9.17, 15) is 41.0 Å². The minimum absolute atomic E-state index is 0.0100. The lowest BCUT2D eigenvalue weighted by Gasteiger charge is -2.36. The van der Waals surface area contributed by atoms with Crippen LogP contribution in [0.1, 0.15) is 92.4 Å². The maximum absolute atomic E-state index is 13.6. The van der Waals surface area contributed by atoms with Crippen LogP contribution < -0.4 is 4.74 Å². The average Bonchev–Trinajstić information content (AvgIpc) is 3.23. The fourth-order valence-corrected chi connectivity index (χ4v) is 7.09. The first-order valence-electron chi connectivity index (χ1n) is 15.3. The van der Waals surface area contributed by atoms with Crippen molar-refractivity contribution >= 4 is 17.6 Å². The molecule has 1 amide bonds. The van der Waals surface area contributed by atoms with Gasteiger partial charge in [-0.2, -0.15) is 26.3 Å². The number of ether oxygens (including phenoxy) is 2. The number of hydrogen-bond donors (Lipinski definition) is 1. The summed E-state index contributed by atoms with van der Waals surface area (Å²) >= 11 is 0. The number of nitrogens with zero attached hydrogens (tertiary/aromatic N) is 1. The van der Waals surface area contributed by atoms with Gasteiger partial charge in [0, 0.05) is 18.5 Å². The molecule has 1 aliphatic heterocycles. The molecule has 0 radical (unpaired) electrons. The molecule has 3 aliphatic rings. The molecule has 2 aromatic carbocycles. The van der Waals surface area contributed by atoms with Crippen LogP contribution in [0.25, 0.3) is 5.57 Å². The van der Waals surface area contributed by atoms with Crippen LogP contribution in [0.4, 0.5) is 31.1 Å². The topological polar surface area (TPSA) is 76.1 Å². The third-order valence-electron chi connectivity index (χ3n) is 9.50. The van der Waals surface area contributed by atoms with E-state index in [1.165, 1.54) is 4.90 Å². The Morgan fingerprint density at radius 1 is 1.02 bits per heavy atom. The number of carbonyl (C=O) groups is 2. The molecule has 0 saturated carbocycles. The molecular formula is C34H37F6NO5. The number of carbonyl (C=O) groups excluding carboxylic acids is 1. The number of aliphatic carboxylic acids is 1. The number of alkyl halides is 6. The molecule has 0 aromatic heterocycles. The molecule has 3 atom stereocenters. The summed E-state index contributed by atoms with van der Waals surface area (Å²) in [5.74, 6) is -0.177. The molecule has 0 spiro atoms. The summed E-state index contributed by atoms with van der Waals surface area (Å²) in [5.41, 5.74) is 1.39. The van der Waals surface area contributed by atoms with E-state index in [-0.39, 0.29) is 35.9 Å². The summed E-state index contributed by atoms with van der Waals surface area (Å²) < 4.78 is 92.7. The highest BCUT2D eigenvalue weighted by atomic mass is 19.4. The minimum Gasteiger partial charge on any atom is -0.496 e. The molecule has 2 aliphatic carbocycles. The predicted octanol–water partition coefficient (Wildman–Crippen LogP) is 8.86. The lowest BCUT2D eigenvalue weighted by molar-refractivity contribution is -0.143. The van der Waals surface area contributed by atoms with Crippen molar-refractivity contribution in [1.29, 1.82) is 0 Å². The summed E-state index contributed by atoms with van der Waals surface area (Å²) in [6, 6.07) is 4.44. The van der Waals surface area contributed by atoms with Crippen molar-refractivity contribution < 1.29 is 50.5 Å². The number of hydrogen-bond acceptors (Lipinski definition) is 4. The summed E-state index contributed by atoms with van der Waals surface area (Å²) in [4.78, 5) is 26.0. The van der Waals surface area contributed by atoms with Gasteiger partial charge in [0.25, 0.3) is 0 Å². The van der Waals surface area contributed by atoms with E-state index in [1.807, 2.05) is 12.1 Å². The molecule has 46 heavy (non-hydrogen) atoms. The quantitative estimate of drug-likeness (QED) is 0.302. The number of carboxylic acids is 1. The number of methoxy groups -OCH3 is 1. The Kier molecular flexibility index (Phi) is 8.89. The second-order valence-corrected chi connectivity index (χ2v) is 13.5. The highest BCUT2D eigenvalue weighted by Crippen LogP contribution is 2.47. The van der Waals surface area contributed by atoms with E-state index in [1.54, 1.807) is 14.0 Å². The van der Waals surface area contributed by atoms with Crippen LogP contribution in [0.5, 0.6) is 5.75 Å². The Balaban J connectivity index is 1.51. The maximum Gasteiger partial charge on any atom is 0.416 e. The van der Waals surface area contributed by atoms with E-state index in [4.69, 9.17) is 9.47 Å². The zero-order valence-corrected chi connectivity index (χ0v) is 26.1. The highest BCUT2D eigenvalue weighted by molar-refractivity contribution is 5.77. The summed E-state index contributed by atoms with van der Waals surface area (Å²) in [7, 11) is 1.57. The standard InChI is InChI=1S/C34H37F6NO5/c1-18-30(22-11-24(33(35,36)37)15-25(12-22)34(38,39)40)46-31(44)41(18)17-23-16-32(2,3)8-7-26(23)27-13-21-9-19(10-29(42)43)5-6-20(21)14-28(27)45-4/h11-15,18-19,30H,5-10,16-17H2,1-4H3,(H,42,43)/t18-,19?,30-/m0/s1. The highest BCUT2D eigenvalue weighted by Gasteiger charge is 2.44. The fourth-order valence-electron chi connectivity index (χ4n) is 7.09. The molecule has 5 rings (SSSR count). The third kappa shape index (κ3) is 7.00. The zero-order valence-electron chi connectivity index (χ0n) is 26.1. The van der Waals surface area contributed by atoms with Gasteiger partial charge in [0.1, 0.15) is 11.9 Å². The predicted molar refractivity (Wildman–Crippen MR) is 157 cm³/mol. The van der Waals surface area contributed by atoms with Crippen molar-refractivity contribution in [2.75, 3.05) is 13.7 Å². The molecule has 12 heteroatoms. The number of benzene rings is 2. The van der Waals surface area contributed by atoms with Crippen LogP contribution >= 0.6 is 0 Å². The van der Waals surface area contributed by atoms with Crippen LogP contribution in [0.2, 0.25) is 0 Å². The smallest absolute Gasteiger partial charge is 0.416 e. The summed E-state index contributed by atoms with van der Waals surface area (Å²) in [6.45, 7) is 5.82. The van der Waals surface area contributed by atoms with Gasteiger partial charge in [-0.15, -0.1) is 0 Å². The number of aryl methyl sites for hydroxylation is 1. The zero-order chi connectivity index (χ0) is 33.8. The molecule has 1 fully saturated rings. The normalized spacial score (nSPS) is 23.3. The van der Waals surface area contributed by atoms with Gasteiger partial charge in [-0.3, -0.25) is 9.69 Å². The van der Waals surface area contributed by atoms with Crippen LogP contribution in [-0.4, -0.2) is 41.8 Å². The number of rotatable bonds is 7. The van der Waals surface area contributed by atoms with Gasteiger partial charge >= 0.3 is 24.4 Å². The van der Waals surface area contributed by atoms with Crippen molar-refractivity contribution in [1.82, 2.24) is 4.90 Å². The monoisotopic (exact) mass is 653 g/mol. The largest absolute Gasteiger partial charge is 0.496 e. The first-order valence-corrected chi connectivity index (χ1v) is 15.3. The van der Waals surface area contributed by atoms with Gasteiger partial charge in [-0.25, -0.2) is 4.79 Å². The van der Waals surface area contributed by atoms with Crippen LogP contribution in [0.3, 0.4) is 0 Å². The van der Waals surface area contributed by atoms with Crippen molar-refractivity contribution in [2.45, 2.75) is 90.2 Å². The molecule has 1 heterocycles. The van der Waals surface area contributed by atoms with Crippen molar-refractivity contribution in [3.8, 4) is 5.75 Å². The number of carboxylic acid groups (broad SMARTS) is 1. The Hall–Kier alpha value is -3.70. The Labute approximate surface area is 263 Å². The first-order chi connectivity index (χ1) is 21.4. The Morgan fingerprint density at radius 2 is 1.67 bits per heavy atom. The second kappa shape index (κ2) is 12.2. The van der Waals surface area contributed by atoms with E-state index in [0.29, 0.717) is 37.1 Å². The molecule has 6 nitrogen and oxygen atoms in total. The van der Waals surface area contributed by atoms with Gasteiger partial charge in [0.05, 0.1) is 24.3 Å². The molecule has 250 valence electrons. The van der Waals surface area contributed by atoms with Crippen molar-refractivity contribution in [2.24, 2.45) is 11.3 Å². The lowest BCUT2D eigenvalue weighted by Crippen LogP contribution is -2.35. The Morgan fingerprint density at radius 3 is 2.26 bits per heavy atom. The molecule has 1 unspecified atom stereocenters. The molecule has 2 aromatic rings. The number of allylic oxidation sites excluding steroid dienone is 1. The number of fused-ring (bicyclic) bond motifs is 1. The average molecular weight is 654 g/mol. The minimum atomic E-state index is -5.03. The van der Waals surface area contributed by atoms with Gasteiger partial charge in [0.15, 0.2) is 0 Å². The summed E-state index contributed by atoms with van der Waals surface area (Å²) in [6.07, 6.45) is -7.98. The number of halogens is 6.